The Balaban J connectivity index is 1.53. The molecule has 32 heavy (non-hydrogen) atoms. The highest BCUT2D eigenvalue weighted by Crippen LogP contribution is 2.25. The fraction of sp³-hybridized carbons (Fsp3) is 0.478. The predicted molar refractivity (Wildman–Crippen MR) is 124 cm³/mol. The zero-order valence-corrected chi connectivity index (χ0v) is 19.6. The number of hydrogen-bond acceptors (Lipinski definition) is 6. The van der Waals surface area contributed by atoms with Gasteiger partial charge in [-0.25, -0.2) is 19.0 Å². The van der Waals surface area contributed by atoms with Crippen molar-refractivity contribution in [3.63, 3.8) is 0 Å². The summed E-state index contributed by atoms with van der Waals surface area (Å²) in [6.45, 7) is 7.45. The van der Waals surface area contributed by atoms with Gasteiger partial charge in [0.25, 0.3) is 0 Å². The number of carbonyl (C=O) groups excluding carboxylic acids is 1. The summed E-state index contributed by atoms with van der Waals surface area (Å²) in [7, 11) is 0. The van der Waals surface area contributed by atoms with Crippen LogP contribution in [0.2, 0.25) is 0 Å². The molecule has 0 atom stereocenters. The number of thiazole rings is 1. The molecule has 7 nitrogen and oxygen atoms in total. The van der Waals surface area contributed by atoms with Gasteiger partial charge in [-0.2, -0.15) is 5.10 Å². The average Bonchev–Trinajstić information content (AvgIpc) is 3.25. The number of aryl methyl sites for hydroxylation is 2. The summed E-state index contributed by atoms with van der Waals surface area (Å²) in [6, 6.07) is 4.86. The van der Waals surface area contributed by atoms with E-state index in [1.807, 2.05) is 4.90 Å². The minimum atomic E-state index is -0.255. The highest BCUT2D eigenvalue weighted by atomic mass is 32.1. The standard InChI is InChI=1S/C23H29FN6OS/c1-14(2)4-7-20-27-22(16-5-6-17(24)15(3)12-16)28-30(20)13-21(31)29-10-8-18-19(9-11-29)32-23(25)26-18/h5-6,12,14H,4,7-11,13H2,1-3H3,(H2,25,26). The second-order valence-corrected chi connectivity index (χ2v) is 9.82. The van der Waals surface area contributed by atoms with E-state index in [0.717, 1.165) is 36.3 Å². The second kappa shape index (κ2) is 9.36. The zero-order chi connectivity index (χ0) is 22.8. The van der Waals surface area contributed by atoms with Crippen molar-refractivity contribution in [2.75, 3.05) is 18.8 Å². The molecule has 0 bridgehead atoms. The van der Waals surface area contributed by atoms with Crippen LogP contribution in [0.5, 0.6) is 0 Å². The third kappa shape index (κ3) is 4.98. The van der Waals surface area contributed by atoms with Crippen molar-refractivity contribution in [3.8, 4) is 11.4 Å². The number of nitrogen functional groups attached to an aromatic ring is 1. The molecule has 9 heteroatoms. The van der Waals surface area contributed by atoms with E-state index in [2.05, 4.69) is 23.9 Å². The highest BCUT2D eigenvalue weighted by molar-refractivity contribution is 7.15. The van der Waals surface area contributed by atoms with Gasteiger partial charge < -0.3 is 10.6 Å². The molecule has 0 saturated carbocycles. The number of carbonyl (C=O) groups is 1. The molecule has 0 unspecified atom stereocenters. The lowest BCUT2D eigenvalue weighted by molar-refractivity contribution is -0.132. The lowest BCUT2D eigenvalue weighted by Crippen LogP contribution is -2.36. The van der Waals surface area contributed by atoms with Crippen LogP contribution in [0, 0.1) is 18.7 Å². The topological polar surface area (TPSA) is 89.9 Å². The molecular weight excluding hydrogens is 427 g/mol. The average molecular weight is 457 g/mol. The van der Waals surface area contributed by atoms with Gasteiger partial charge in [-0.1, -0.05) is 13.8 Å². The predicted octanol–water partition coefficient (Wildman–Crippen LogP) is 3.65. The molecule has 0 spiro atoms. The Kier molecular flexibility index (Phi) is 6.55. The first-order valence-corrected chi connectivity index (χ1v) is 11.8. The molecule has 1 amide bonds. The summed E-state index contributed by atoms with van der Waals surface area (Å²) >= 11 is 1.51. The Morgan fingerprint density at radius 3 is 2.78 bits per heavy atom. The molecule has 1 aliphatic heterocycles. The molecule has 170 valence electrons. The van der Waals surface area contributed by atoms with Gasteiger partial charge in [-0.15, -0.1) is 11.3 Å². The van der Waals surface area contributed by atoms with Crippen molar-refractivity contribution < 1.29 is 9.18 Å². The van der Waals surface area contributed by atoms with Crippen LogP contribution in [0.1, 0.15) is 42.2 Å². The summed E-state index contributed by atoms with van der Waals surface area (Å²) in [5, 5.41) is 5.23. The summed E-state index contributed by atoms with van der Waals surface area (Å²) < 4.78 is 15.4. The Morgan fingerprint density at radius 1 is 1.25 bits per heavy atom. The quantitative estimate of drug-likeness (QED) is 0.612. The van der Waals surface area contributed by atoms with E-state index in [1.165, 1.54) is 22.3 Å². The monoisotopic (exact) mass is 456 g/mol. The third-order valence-corrected chi connectivity index (χ3v) is 6.76. The fourth-order valence-corrected chi connectivity index (χ4v) is 4.74. The Labute approximate surface area is 191 Å². The first-order chi connectivity index (χ1) is 15.3. The normalized spacial score (nSPS) is 14.0. The molecule has 3 aromatic rings. The zero-order valence-electron chi connectivity index (χ0n) is 18.8. The van der Waals surface area contributed by atoms with Gasteiger partial charge in [-0.3, -0.25) is 4.79 Å². The molecule has 1 aromatic carbocycles. The number of amides is 1. The third-order valence-electron chi connectivity index (χ3n) is 5.77. The maximum atomic E-state index is 13.7. The van der Waals surface area contributed by atoms with Gasteiger partial charge in [-0.05, 0) is 43.0 Å². The van der Waals surface area contributed by atoms with E-state index < -0.39 is 0 Å². The van der Waals surface area contributed by atoms with Crippen LogP contribution in [0.3, 0.4) is 0 Å². The van der Waals surface area contributed by atoms with Crippen molar-refractivity contribution >= 4 is 22.4 Å². The SMILES string of the molecule is Cc1cc(-c2nc(CCC(C)C)n(CC(=O)N3CCc4nc(N)sc4CC3)n2)ccc1F. The first-order valence-electron chi connectivity index (χ1n) is 11.0. The number of anilines is 1. The number of rotatable bonds is 6. The van der Waals surface area contributed by atoms with E-state index >= 15 is 0 Å². The van der Waals surface area contributed by atoms with Crippen molar-refractivity contribution in [1.29, 1.82) is 0 Å². The van der Waals surface area contributed by atoms with E-state index in [1.54, 1.807) is 23.7 Å². The lowest BCUT2D eigenvalue weighted by Gasteiger charge is -2.20. The molecule has 4 rings (SSSR count). The smallest absolute Gasteiger partial charge is 0.244 e. The molecule has 2 aromatic heterocycles. The summed E-state index contributed by atoms with van der Waals surface area (Å²) in [5.74, 6) is 1.58. The molecule has 0 fully saturated rings. The van der Waals surface area contributed by atoms with Crippen molar-refractivity contribution in [3.05, 3.63) is 46.0 Å². The number of halogens is 1. The van der Waals surface area contributed by atoms with Gasteiger partial charge >= 0.3 is 0 Å². The molecule has 1 aliphatic rings. The summed E-state index contributed by atoms with van der Waals surface area (Å²) in [4.78, 5) is 25.3. The molecule has 0 aliphatic carbocycles. The van der Waals surface area contributed by atoms with Gasteiger partial charge in [0.05, 0.1) is 5.69 Å². The molecule has 3 heterocycles. The Bertz CT molecular complexity index is 1100. The van der Waals surface area contributed by atoms with E-state index in [-0.39, 0.29) is 18.3 Å². The van der Waals surface area contributed by atoms with Crippen molar-refractivity contribution in [2.45, 2.75) is 53.0 Å². The highest BCUT2D eigenvalue weighted by Gasteiger charge is 2.23. The van der Waals surface area contributed by atoms with Gasteiger partial charge in [0, 0.05) is 42.8 Å². The Hall–Kier alpha value is -2.81. The molecule has 2 N–H and O–H groups in total. The van der Waals surface area contributed by atoms with Crippen LogP contribution >= 0.6 is 11.3 Å². The number of nitrogens with zero attached hydrogens (tertiary/aromatic N) is 5. The summed E-state index contributed by atoms with van der Waals surface area (Å²) in [5.41, 5.74) is 8.14. The fourth-order valence-electron chi connectivity index (χ4n) is 3.87. The summed E-state index contributed by atoms with van der Waals surface area (Å²) in [6.07, 6.45) is 3.17. The van der Waals surface area contributed by atoms with Crippen molar-refractivity contribution in [2.24, 2.45) is 5.92 Å². The van der Waals surface area contributed by atoms with Gasteiger partial charge in [0.1, 0.15) is 18.2 Å². The van der Waals surface area contributed by atoms with Crippen LogP contribution in [0.15, 0.2) is 18.2 Å². The van der Waals surface area contributed by atoms with E-state index in [4.69, 9.17) is 10.7 Å². The Morgan fingerprint density at radius 2 is 2.03 bits per heavy atom. The first kappa shape index (κ1) is 22.4. The molecular formula is C23H29FN6OS. The van der Waals surface area contributed by atoms with Crippen LogP contribution < -0.4 is 5.73 Å². The number of aromatic nitrogens is 4. The minimum Gasteiger partial charge on any atom is -0.375 e. The van der Waals surface area contributed by atoms with Crippen molar-refractivity contribution in [1.82, 2.24) is 24.6 Å². The van der Waals surface area contributed by atoms with E-state index in [0.29, 0.717) is 41.9 Å². The number of benzene rings is 1. The maximum Gasteiger partial charge on any atom is 0.244 e. The van der Waals surface area contributed by atoms with Crippen LogP contribution in [-0.4, -0.2) is 43.6 Å². The minimum absolute atomic E-state index is 0.0191. The number of hydrogen-bond donors (Lipinski definition) is 1. The van der Waals surface area contributed by atoms with E-state index in [9.17, 15) is 9.18 Å². The maximum absolute atomic E-state index is 13.7. The molecule has 0 radical (unpaired) electrons. The largest absolute Gasteiger partial charge is 0.375 e. The van der Waals surface area contributed by atoms with Gasteiger partial charge in [0.15, 0.2) is 11.0 Å². The van der Waals surface area contributed by atoms with Crippen LogP contribution in [0.4, 0.5) is 9.52 Å². The number of nitrogens with two attached hydrogens (primary N) is 1. The van der Waals surface area contributed by atoms with Crippen LogP contribution in [0.25, 0.3) is 11.4 Å². The van der Waals surface area contributed by atoms with Crippen LogP contribution in [-0.2, 0) is 30.6 Å². The number of fused-ring (bicyclic) bond motifs is 1. The van der Waals surface area contributed by atoms with Gasteiger partial charge in [0.2, 0.25) is 5.91 Å². The molecule has 0 saturated heterocycles. The lowest BCUT2D eigenvalue weighted by atomic mass is 10.1. The second-order valence-electron chi connectivity index (χ2n) is 8.71.